The third-order valence-electron chi connectivity index (χ3n) is 15.8. The molecule has 0 spiro atoms. The van der Waals surface area contributed by atoms with E-state index in [1.807, 2.05) is 0 Å². The first kappa shape index (κ1) is 39.7. The predicted molar refractivity (Wildman–Crippen MR) is 284 cm³/mol. The molecule has 10 aromatic carbocycles. The molecule has 0 unspecified atom stereocenters. The van der Waals surface area contributed by atoms with Crippen molar-refractivity contribution < 1.29 is 0 Å². The number of benzene rings is 10. The molecule has 0 amide bonds. The second-order valence-corrected chi connectivity index (χ2v) is 20.5. The molecule has 2 nitrogen and oxygen atoms in total. The molecular weight excluding hydrogens is 809 g/mol. The van der Waals surface area contributed by atoms with E-state index in [1.165, 1.54) is 99.7 Å². The fraction of sp³-hybridized carbons (Fsp3) is 0.138. The van der Waals surface area contributed by atoms with Crippen molar-refractivity contribution in [3.8, 4) is 33.4 Å². The molecule has 0 saturated carbocycles. The lowest BCUT2D eigenvalue weighted by atomic mass is 9.81. The average Bonchev–Trinajstić information content (AvgIpc) is 3.84. The van der Waals surface area contributed by atoms with Crippen LogP contribution in [0.25, 0.3) is 54.9 Å². The lowest BCUT2D eigenvalue weighted by molar-refractivity contribution is 0.660. The summed E-state index contributed by atoms with van der Waals surface area (Å²) in [6, 6.07) is 77.7. The van der Waals surface area contributed by atoms with E-state index in [9.17, 15) is 0 Å². The van der Waals surface area contributed by atoms with Crippen molar-refractivity contribution in [1.82, 2.24) is 0 Å². The Labute approximate surface area is 394 Å². The molecule has 2 heteroatoms. The Balaban J connectivity index is 1.15. The Bertz CT molecular complexity index is 3670. The highest BCUT2D eigenvalue weighted by atomic mass is 15.2. The Morgan fingerprint density at radius 2 is 0.567 bits per heavy atom. The van der Waals surface area contributed by atoms with Gasteiger partial charge in [-0.15, -0.1) is 0 Å². The largest absolute Gasteiger partial charge is 0.309 e. The van der Waals surface area contributed by atoms with Gasteiger partial charge in [0, 0.05) is 60.5 Å². The van der Waals surface area contributed by atoms with E-state index in [2.05, 4.69) is 258 Å². The number of nitrogens with zero attached hydrogens (tertiary/aromatic N) is 2. The highest BCUT2D eigenvalue weighted by molar-refractivity contribution is 6.24. The van der Waals surface area contributed by atoms with Crippen molar-refractivity contribution in [2.45, 2.75) is 57.8 Å². The van der Waals surface area contributed by atoms with Crippen LogP contribution in [0, 0.1) is 0 Å². The molecule has 13 rings (SSSR count). The Morgan fingerprint density at radius 1 is 0.239 bits per heavy atom. The summed E-state index contributed by atoms with van der Waals surface area (Å²) in [7, 11) is 0. The van der Waals surface area contributed by atoms with Crippen LogP contribution in [-0.4, -0.2) is 0 Å². The molecule has 0 heterocycles. The van der Waals surface area contributed by atoms with Crippen molar-refractivity contribution in [2.24, 2.45) is 0 Å². The van der Waals surface area contributed by atoms with Crippen molar-refractivity contribution in [1.29, 1.82) is 0 Å². The van der Waals surface area contributed by atoms with E-state index in [-0.39, 0.29) is 16.2 Å². The molecule has 3 aliphatic rings. The molecule has 3 aliphatic carbocycles. The first-order valence-electron chi connectivity index (χ1n) is 23.9. The summed E-state index contributed by atoms with van der Waals surface area (Å²) in [6.07, 6.45) is 0. The van der Waals surface area contributed by atoms with Crippen LogP contribution in [-0.2, 0) is 16.2 Å². The third kappa shape index (κ3) is 5.57. The maximum Gasteiger partial charge on any atom is 0.0620 e. The molecular formula is C65H52N2. The van der Waals surface area contributed by atoms with E-state index in [1.54, 1.807) is 0 Å². The van der Waals surface area contributed by atoms with Gasteiger partial charge in [-0.1, -0.05) is 187 Å². The minimum absolute atomic E-state index is 0.156. The smallest absolute Gasteiger partial charge is 0.0620 e. The molecule has 0 fully saturated rings. The Morgan fingerprint density at radius 3 is 1.00 bits per heavy atom. The summed E-state index contributed by atoms with van der Waals surface area (Å²) >= 11 is 0. The van der Waals surface area contributed by atoms with Gasteiger partial charge in [0.25, 0.3) is 0 Å². The van der Waals surface area contributed by atoms with Gasteiger partial charge >= 0.3 is 0 Å². The third-order valence-corrected chi connectivity index (χ3v) is 15.8. The van der Waals surface area contributed by atoms with Crippen molar-refractivity contribution in [2.75, 3.05) is 9.80 Å². The van der Waals surface area contributed by atoms with Crippen LogP contribution in [0.1, 0.15) is 74.9 Å². The summed E-state index contributed by atoms with van der Waals surface area (Å²) < 4.78 is 0. The van der Waals surface area contributed by atoms with E-state index in [0.717, 1.165) is 22.7 Å². The molecule has 0 atom stereocenters. The number of anilines is 6. The highest BCUT2D eigenvalue weighted by Crippen LogP contribution is 2.58. The first-order valence-corrected chi connectivity index (χ1v) is 23.9. The molecule has 10 aromatic rings. The second-order valence-electron chi connectivity index (χ2n) is 20.5. The number of para-hydroxylation sites is 2. The van der Waals surface area contributed by atoms with Crippen LogP contribution >= 0.6 is 0 Å². The lowest BCUT2D eigenvalue weighted by Gasteiger charge is -2.34. The molecule has 0 aromatic heterocycles. The monoisotopic (exact) mass is 860 g/mol. The van der Waals surface area contributed by atoms with Gasteiger partial charge in [0.2, 0.25) is 0 Å². The van der Waals surface area contributed by atoms with Crippen molar-refractivity contribution in [3.05, 3.63) is 240 Å². The predicted octanol–water partition coefficient (Wildman–Crippen LogP) is 17.9. The van der Waals surface area contributed by atoms with Gasteiger partial charge in [0.1, 0.15) is 0 Å². The normalized spacial score (nSPS) is 15.1. The number of hydrogen-bond acceptors (Lipinski definition) is 2. The van der Waals surface area contributed by atoms with Crippen LogP contribution in [0.2, 0.25) is 0 Å². The summed E-state index contributed by atoms with van der Waals surface area (Å²) in [5, 5.41) is 4.81. The second kappa shape index (κ2) is 14.2. The molecule has 0 aliphatic heterocycles. The zero-order valence-corrected chi connectivity index (χ0v) is 39.0. The zero-order chi connectivity index (χ0) is 45.4. The van der Waals surface area contributed by atoms with Gasteiger partial charge in [-0.25, -0.2) is 0 Å². The van der Waals surface area contributed by atoms with Gasteiger partial charge in [0.15, 0.2) is 0 Å². The lowest BCUT2D eigenvalue weighted by Crippen LogP contribution is -2.18. The minimum Gasteiger partial charge on any atom is -0.309 e. The number of hydrogen-bond donors (Lipinski definition) is 0. The minimum atomic E-state index is -0.205. The molecule has 0 bridgehead atoms. The van der Waals surface area contributed by atoms with Gasteiger partial charge in [-0.05, 0) is 127 Å². The Kier molecular flexibility index (Phi) is 8.38. The molecule has 0 N–H and O–H groups in total. The summed E-state index contributed by atoms with van der Waals surface area (Å²) in [6.45, 7) is 14.3. The molecule has 0 radical (unpaired) electrons. The fourth-order valence-electron chi connectivity index (χ4n) is 12.4. The average molecular weight is 861 g/mol. The van der Waals surface area contributed by atoms with Crippen LogP contribution in [0.3, 0.4) is 0 Å². The highest BCUT2D eigenvalue weighted by Gasteiger charge is 2.40. The van der Waals surface area contributed by atoms with Gasteiger partial charge in [-0.3, -0.25) is 0 Å². The van der Waals surface area contributed by atoms with Crippen LogP contribution in [0.4, 0.5) is 34.1 Å². The fourth-order valence-corrected chi connectivity index (χ4v) is 12.4. The maximum absolute atomic E-state index is 2.56. The van der Waals surface area contributed by atoms with Gasteiger partial charge < -0.3 is 9.80 Å². The maximum atomic E-state index is 2.56. The van der Waals surface area contributed by atoms with E-state index < -0.39 is 0 Å². The summed E-state index contributed by atoms with van der Waals surface area (Å²) in [4.78, 5) is 5.10. The molecule has 0 saturated heterocycles. The van der Waals surface area contributed by atoms with Crippen LogP contribution in [0.15, 0.2) is 206 Å². The standard InChI is InChI=1S/C65H52N2/c1-63(2)55-30-18-15-25-45(55)48-35-33-43(37-58(48)63)66(41-21-9-7-10-22-41)61-50-28-13-14-29-51(50)62(54-40-60-52(39-53(54)61)47-27-17-20-32-57(47)65(60,5)6)67(42-23-11-8-12-24-42)44-34-36-49-46-26-16-19-31-56(46)64(3,4)59(49)38-44/h7-40H,1-6H3. The van der Waals surface area contributed by atoms with E-state index in [0.29, 0.717) is 0 Å². The van der Waals surface area contributed by atoms with Gasteiger partial charge in [0.05, 0.1) is 11.4 Å². The first-order chi connectivity index (χ1) is 32.5. The Hall–Kier alpha value is -7.68. The summed E-state index contributed by atoms with van der Waals surface area (Å²) in [5.41, 5.74) is 22.5. The summed E-state index contributed by atoms with van der Waals surface area (Å²) in [5.74, 6) is 0. The zero-order valence-electron chi connectivity index (χ0n) is 39.0. The SMILES string of the molecule is CC1(C)c2ccccc2-c2ccc(N(c3ccccc3)c3c4ccccc4c(N(c4ccccc4)c4ccc5c(c4)C(C)(C)c4ccccc4-5)c4cc5c(cc34)-c3ccccc3C5(C)C)cc21. The van der Waals surface area contributed by atoms with Crippen LogP contribution < -0.4 is 9.80 Å². The van der Waals surface area contributed by atoms with Crippen molar-refractivity contribution >= 4 is 55.7 Å². The molecule has 67 heavy (non-hydrogen) atoms. The number of rotatable bonds is 6. The van der Waals surface area contributed by atoms with E-state index in [4.69, 9.17) is 0 Å². The van der Waals surface area contributed by atoms with Gasteiger partial charge in [-0.2, -0.15) is 0 Å². The molecule has 322 valence electrons. The topological polar surface area (TPSA) is 6.48 Å². The van der Waals surface area contributed by atoms with E-state index >= 15 is 0 Å². The van der Waals surface area contributed by atoms with Crippen LogP contribution in [0.5, 0.6) is 0 Å². The number of fused-ring (bicyclic) bond motifs is 11. The quantitative estimate of drug-likeness (QED) is 0.121. The van der Waals surface area contributed by atoms with Crippen molar-refractivity contribution in [3.63, 3.8) is 0 Å².